The smallest absolute Gasteiger partial charge is 0.416 e. The summed E-state index contributed by atoms with van der Waals surface area (Å²) in [6.07, 6.45) is -4.66. The van der Waals surface area contributed by atoms with Gasteiger partial charge in [0.2, 0.25) is 0 Å². The Balaban J connectivity index is 1.70. The molecule has 0 bridgehead atoms. The largest absolute Gasteiger partial charge is 0.489 e. The summed E-state index contributed by atoms with van der Waals surface area (Å²) in [5, 5.41) is 12.2. The highest BCUT2D eigenvalue weighted by Gasteiger charge is 2.35. The van der Waals surface area contributed by atoms with Crippen LogP contribution in [0.25, 0.3) is 16.9 Å². The molecule has 2 aromatic heterocycles. The molecule has 0 unspecified atom stereocenters. The zero-order valence-electron chi connectivity index (χ0n) is 18.7. The second-order valence-corrected chi connectivity index (χ2v) is 8.11. The molecule has 0 aliphatic heterocycles. The summed E-state index contributed by atoms with van der Waals surface area (Å²) in [5.41, 5.74) is 1.13. The first kappa shape index (κ1) is 23.6. The summed E-state index contributed by atoms with van der Waals surface area (Å²) in [7, 11) is 3.10. The third kappa shape index (κ3) is 4.18. The van der Waals surface area contributed by atoms with Crippen LogP contribution in [-0.4, -0.2) is 29.6 Å². The lowest BCUT2D eigenvalue weighted by molar-refractivity contribution is -0.138. The Kier molecular flexibility index (Phi) is 5.98. The van der Waals surface area contributed by atoms with E-state index in [-0.39, 0.29) is 11.3 Å². The highest BCUT2D eigenvalue weighted by atomic mass is 35.5. The average Bonchev–Trinajstić information content (AvgIpc) is 3.25. The summed E-state index contributed by atoms with van der Waals surface area (Å²) in [6.45, 7) is 3.19. The molecule has 0 N–H and O–H groups in total. The minimum absolute atomic E-state index is 0.0547. The minimum Gasteiger partial charge on any atom is -0.489 e. The lowest BCUT2D eigenvalue weighted by atomic mass is 10.0. The normalized spacial score (nSPS) is 11.8. The molecular weight excluding hydrogens is 473 g/mol. The van der Waals surface area contributed by atoms with Gasteiger partial charge >= 0.3 is 11.9 Å². The fourth-order valence-electron chi connectivity index (χ4n) is 3.65. The summed E-state index contributed by atoms with van der Waals surface area (Å²) >= 11 is 6.22. The molecule has 0 aliphatic rings. The van der Waals surface area contributed by atoms with Gasteiger partial charge in [0.05, 0.1) is 16.9 Å². The van der Waals surface area contributed by atoms with Crippen molar-refractivity contribution in [2.45, 2.75) is 26.6 Å². The predicted octanol–water partition coefficient (Wildman–Crippen LogP) is 4.23. The minimum atomic E-state index is -4.66. The number of tetrazole rings is 1. The molecule has 0 spiro atoms. The van der Waals surface area contributed by atoms with Crippen LogP contribution in [0.3, 0.4) is 0 Å². The molecule has 2 heterocycles. The lowest BCUT2D eigenvalue weighted by Gasteiger charge is -2.17. The van der Waals surface area contributed by atoms with Gasteiger partial charge in [-0.05, 0) is 60.2 Å². The Labute approximate surface area is 197 Å². The van der Waals surface area contributed by atoms with E-state index in [2.05, 4.69) is 15.5 Å². The molecule has 4 rings (SSSR count). The summed E-state index contributed by atoms with van der Waals surface area (Å²) in [4.78, 5) is 12.3. The van der Waals surface area contributed by atoms with Gasteiger partial charge in [-0.15, -0.1) is 0 Å². The summed E-state index contributed by atoms with van der Waals surface area (Å²) in [5.74, 6) is 0.387. The third-order valence-electron chi connectivity index (χ3n) is 5.43. The summed E-state index contributed by atoms with van der Waals surface area (Å²) in [6, 6.07) is 8.77. The maximum Gasteiger partial charge on any atom is 0.416 e. The van der Waals surface area contributed by atoms with Gasteiger partial charge in [0, 0.05) is 30.8 Å². The van der Waals surface area contributed by atoms with Gasteiger partial charge in [-0.1, -0.05) is 17.7 Å². The number of hydrogen-bond acceptors (Lipinski definition) is 5. The topological polar surface area (TPSA) is 79.8 Å². The van der Waals surface area contributed by atoms with Crippen LogP contribution in [0.1, 0.15) is 22.3 Å². The second-order valence-electron chi connectivity index (χ2n) is 7.75. The zero-order valence-corrected chi connectivity index (χ0v) is 19.4. The van der Waals surface area contributed by atoms with Crippen molar-refractivity contribution < 1.29 is 17.9 Å². The Morgan fingerprint density at radius 1 is 1.06 bits per heavy atom. The number of alkyl halides is 3. The monoisotopic (exact) mass is 492 g/mol. The molecular formula is C22H20ClF3N6O2. The zero-order chi connectivity index (χ0) is 24.8. The standard InChI is InChI=1S/C22H20ClF3N6O2/c1-12-10-14(19-13(2)20(23)30(3)27-19)8-9-18(12)34-11-15-16(22(24,25)26)6-5-7-17(15)32-21(33)31(4)28-29-32/h5-10H,11H2,1-4H3. The van der Waals surface area contributed by atoms with Gasteiger partial charge in [-0.2, -0.15) is 27.6 Å². The van der Waals surface area contributed by atoms with Crippen molar-refractivity contribution in [3.05, 3.63) is 74.3 Å². The number of ether oxygens (including phenoxy) is 1. The van der Waals surface area contributed by atoms with Crippen LogP contribution in [0.15, 0.2) is 41.2 Å². The van der Waals surface area contributed by atoms with Crippen LogP contribution in [0.2, 0.25) is 5.15 Å². The van der Waals surface area contributed by atoms with Crippen LogP contribution in [0, 0.1) is 13.8 Å². The summed E-state index contributed by atoms with van der Waals surface area (Å²) < 4.78 is 50.4. The van der Waals surface area contributed by atoms with Gasteiger partial charge in [0.25, 0.3) is 0 Å². The van der Waals surface area contributed by atoms with Gasteiger partial charge < -0.3 is 4.74 Å². The van der Waals surface area contributed by atoms with Gasteiger partial charge in [0.15, 0.2) is 0 Å². The number of aromatic nitrogens is 6. The number of benzene rings is 2. The van der Waals surface area contributed by atoms with Crippen LogP contribution in [0.4, 0.5) is 13.2 Å². The van der Waals surface area contributed by atoms with Crippen molar-refractivity contribution in [3.63, 3.8) is 0 Å². The average molecular weight is 493 g/mol. The fourth-order valence-corrected chi connectivity index (χ4v) is 3.77. The van der Waals surface area contributed by atoms with E-state index in [1.54, 1.807) is 30.8 Å². The van der Waals surface area contributed by atoms with E-state index in [1.165, 1.54) is 19.2 Å². The molecule has 34 heavy (non-hydrogen) atoms. The first-order chi connectivity index (χ1) is 16.0. The van der Waals surface area contributed by atoms with Crippen molar-refractivity contribution in [3.8, 4) is 22.7 Å². The van der Waals surface area contributed by atoms with Gasteiger partial charge in [-0.3, -0.25) is 4.68 Å². The van der Waals surface area contributed by atoms with Crippen LogP contribution >= 0.6 is 11.6 Å². The van der Waals surface area contributed by atoms with Crippen molar-refractivity contribution >= 4 is 11.6 Å². The number of nitrogens with zero attached hydrogens (tertiary/aromatic N) is 6. The molecule has 2 aromatic carbocycles. The van der Waals surface area contributed by atoms with Crippen molar-refractivity contribution in [2.24, 2.45) is 14.1 Å². The SMILES string of the molecule is Cc1cc(-c2nn(C)c(Cl)c2C)ccc1OCc1c(-n2nnn(C)c2=O)cccc1C(F)(F)F. The van der Waals surface area contributed by atoms with Crippen LogP contribution < -0.4 is 10.4 Å². The maximum absolute atomic E-state index is 13.8. The van der Waals surface area contributed by atoms with Gasteiger partial charge in [0.1, 0.15) is 17.5 Å². The number of halogens is 4. The van der Waals surface area contributed by atoms with E-state index in [0.717, 1.165) is 26.6 Å². The molecule has 0 saturated heterocycles. The fraction of sp³-hybridized carbons (Fsp3) is 0.273. The first-order valence-electron chi connectivity index (χ1n) is 10.1. The molecule has 178 valence electrons. The third-order valence-corrected chi connectivity index (χ3v) is 5.95. The molecule has 0 fully saturated rings. The van der Waals surface area contributed by atoms with Gasteiger partial charge in [-0.25, -0.2) is 4.79 Å². The van der Waals surface area contributed by atoms with E-state index < -0.39 is 24.0 Å². The molecule has 0 radical (unpaired) electrons. The van der Waals surface area contributed by atoms with Crippen LogP contribution in [-0.2, 0) is 26.9 Å². The molecule has 12 heteroatoms. The van der Waals surface area contributed by atoms with E-state index in [9.17, 15) is 18.0 Å². The second kappa shape index (κ2) is 8.64. The molecule has 8 nitrogen and oxygen atoms in total. The molecule has 0 atom stereocenters. The predicted molar refractivity (Wildman–Crippen MR) is 119 cm³/mol. The molecule has 4 aromatic rings. The highest BCUT2D eigenvalue weighted by molar-refractivity contribution is 6.30. The highest BCUT2D eigenvalue weighted by Crippen LogP contribution is 2.36. The van der Waals surface area contributed by atoms with Crippen molar-refractivity contribution in [1.82, 2.24) is 29.6 Å². The Bertz CT molecular complexity index is 1440. The number of rotatable bonds is 5. The molecule has 0 aliphatic carbocycles. The van der Waals surface area contributed by atoms with Crippen molar-refractivity contribution in [2.75, 3.05) is 0 Å². The van der Waals surface area contributed by atoms with E-state index in [1.807, 2.05) is 13.0 Å². The van der Waals surface area contributed by atoms with E-state index in [0.29, 0.717) is 22.2 Å². The van der Waals surface area contributed by atoms with Crippen molar-refractivity contribution in [1.29, 1.82) is 0 Å². The quantitative estimate of drug-likeness (QED) is 0.416. The Morgan fingerprint density at radius 2 is 1.79 bits per heavy atom. The molecule has 0 saturated carbocycles. The Morgan fingerprint density at radius 3 is 2.35 bits per heavy atom. The molecule has 0 amide bonds. The number of hydrogen-bond donors (Lipinski definition) is 0. The maximum atomic E-state index is 13.8. The first-order valence-corrected chi connectivity index (χ1v) is 10.5. The number of aryl methyl sites for hydroxylation is 3. The van der Waals surface area contributed by atoms with Crippen LogP contribution in [0.5, 0.6) is 5.75 Å². The van der Waals surface area contributed by atoms with E-state index >= 15 is 0 Å². The van der Waals surface area contributed by atoms with E-state index in [4.69, 9.17) is 16.3 Å². The Hall–Kier alpha value is -3.60. The lowest BCUT2D eigenvalue weighted by Crippen LogP contribution is -2.24.